The van der Waals surface area contributed by atoms with Crippen molar-refractivity contribution in [3.63, 3.8) is 0 Å². The van der Waals surface area contributed by atoms with Crippen LogP contribution in [0, 0.1) is 11.2 Å². The molecule has 1 aromatic heterocycles. The van der Waals surface area contributed by atoms with Crippen LogP contribution in [-0.2, 0) is 6.42 Å². The SMILES string of the molecule is CN1CCC2(CC1)Cc1ncc(F)cc1[C@@H]2N. The predicted octanol–water partition coefficient (Wildman–Crippen LogP) is 1.49. The summed E-state index contributed by atoms with van der Waals surface area (Å²) in [6, 6.07) is 1.52. The Morgan fingerprint density at radius 1 is 1.47 bits per heavy atom. The Morgan fingerprint density at radius 3 is 2.88 bits per heavy atom. The number of nitrogens with two attached hydrogens (primary N) is 1. The van der Waals surface area contributed by atoms with Gasteiger partial charge in [-0.1, -0.05) is 0 Å². The van der Waals surface area contributed by atoms with Gasteiger partial charge in [0, 0.05) is 11.7 Å². The van der Waals surface area contributed by atoms with Crippen molar-refractivity contribution in [3.8, 4) is 0 Å². The molecule has 1 aromatic rings. The van der Waals surface area contributed by atoms with E-state index in [2.05, 4.69) is 16.9 Å². The van der Waals surface area contributed by atoms with E-state index in [-0.39, 0.29) is 17.3 Å². The maximum Gasteiger partial charge on any atom is 0.141 e. The summed E-state index contributed by atoms with van der Waals surface area (Å²) in [5, 5.41) is 0. The van der Waals surface area contributed by atoms with E-state index >= 15 is 0 Å². The number of pyridine rings is 1. The quantitative estimate of drug-likeness (QED) is 0.740. The number of fused-ring (bicyclic) bond motifs is 1. The number of piperidine rings is 1. The summed E-state index contributed by atoms with van der Waals surface area (Å²) in [5.74, 6) is -0.274. The lowest BCUT2D eigenvalue weighted by atomic mass is 9.73. The lowest BCUT2D eigenvalue weighted by Crippen LogP contribution is -2.42. The Labute approximate surface area is 101 Å². The van der Waals surface area contributed by atoms with Crippen molar-refractivity contribution in [1.82, 2.24) is 9.88 Å². The zero-order chi connectivity index (χ0) is 12.0. The van der Waals surface area contributed by atoms with Crippen LogP contribution in [0.15, 0.2) is 12.3 Å². The van der Waals surface area contributed by atoms with Gasteiger partial charge in [-0.05, 0) is 56.4 Å². The zero-order valence-electron chi connectivity index (χ0n) is 10.1. The maximum atomic E-state index is 13.2. The fraction of sp³-hybridized carbons (Fsp3) is 0.615. The first-order valence-corrected chi connectivity index (χ1v) is 6.19. The molecule has 4 heteroatoms. The van der Waals surface area contributed by atoms with E-state index in [1.54, 1.807) is 6.07 Å². The number of hydrogen-bond donors (Lipinski definition) is 1. The summed E-state index contributed by atoms with van der Waals surface area (Å²) in [4.78, 5) is 6.54. The summed E-state index contributed by atoms with van der Waals surface area (Å²) >= 11 is 0. The highest BCUT2D eigenvalue weighted by Gasteiger charge is 2.46. The third-order valence-electron chi connectivity index (χ3n) is 4.47. The molecule has 17 heavy (non-hydrogen) atoms. The second kappa shape index (κ2) is 3.75. The van der Waals surface area contributed by atoms with Crippen LogP contribution in [0.4, 0.5) is 4.39 Å². The molecule has 0 unspecified atom stereocenters. The average molecular weight is 235 g/mol. The summed E-state index contributed by atoms with van der Waals surface area (Å²) in [5.41, 5.74) is 8.39. The lowest BCUT2D eigenvalue weighted by molar-refractivity contribution is 0.105. The molecule has 0 aromatic carbocycles. The van der Waals surface area contributed by atoms with Crippen LogP contribution < -0.4 is 5.73 Å². The highest BCUT2D eigenvalue weighted by atomic mass is 19.1. The Balaban J connectivity index is 1.93. The van der Waals surface area contributed by atoms with Crippen molar-refractivity contribution in [1.29, 1.82) is 0 Å². The fourth-order valence-electron chi connectivity index (χ4n) is 3.23. The molecule has 0 amide bonds. The summed E-state index contributed by atoms with van der Waals surface area (Å²) in [7, 11) is 2.14. The molecule has 0 saturated carbocycles. The number of aromatic nitrogens is 1. The van der Waals surface area contributed by atoms with Gasteiger partial charge in [0.1, 0.15) is 5.82 Å². The van der Waals surface area contributed by atoms with Crippen molar-refractivity contribution < 1.29 is 4.39 Å². The Hall–Kier alpha value is -1.00. The molecule has 92 valence electrons. The lowest BCUT2D eigenvalue weighted by Gasteiger charge is -2.40. The van der Waals surface area contributed by atoms with Gasteiger partial charge >= 0.3 is 0 Å². The predicted molar refractivity (Wildman–Crippen MR) is 64.0 cm³/mol. The summed E-state index contributed by atoms with van der Waals surface area (Å²) in [6.07, 6.45) is 4.39. The number of hydrogen-bond acceptors (Lipinski definition) is 3. The molecule has 0 radical (unpaired) electrons. The van der Waals surface area contributed by atoms with Crippen molar-refractivity contribution in [2.24, 2.45) is 11.1 Å². The number of likely N-dealkylation sites (tertiary alicyclic amines) is 1. The monoisotopic (exact) mass is 235 g/mol. The van der Waals surface area contributed by atoms with E-state index < -0.39 is 0 Å². The normalized spacial score (nSPS) is 27.4. The van der Waals surface area contributed by atoms with E-state index in [9.17, 15) is 4.39 Å². The first-order chi connectivity index (χ1) is 8.11. The number of rotatable bonds is 0. The van der Waals surface area contributed by atoms with Crippen LogP contribution in [0.2, 0.25) is 0 Å². The van der Waals surface area contributed by atoms with Crippen molar-refractivity contribution >= 4 is 0 Å². The average Bonchev–Trinajstić information content (AvgIpc) is 2.58. The van der Waals surface area contributed by atoms with E-state index in [0.29, 0.717) is 0 Å². The Morgan fingerprint density at radius 2 is 2.18 bits per heavy atom. The van der Waals surface area contributed by atoms with Crippen molar-refractivity contribution in [3.05, 3.63) is 29.3 Å². The van der Waals surface area contributed by atoms with E-state index in [0.717, 1.165) is 43.6 Å². The van der Waals surface area contributed by atoms with Gasteiger partial charge in [0.05, 0.1) is 6.20 Å². The molecule has 1 saturated heterocycles. The third-order valence-corrected chi connectivity index (χ3v) is 4.47. The molecule has 3 rings (SSSR count). The molecular formula is C13H18FN3. The van der Waals surface area contributed by atoms with Gasteiger partial charge in [-0.25, -0.2) is 4.39 Å². The second-order valence-corrected chi connectivity index (χ2v) is 5.51. The summed E-state index contributed by atoms with van der Waals surface area (Å²) in [6.45, 7) is 2.15. The minimum Gasteiger partial charge on any atom is -0.323 e. The van der Waals surface area contributed by atoms with Gasteiger partial charge in [0.25, 0.3) is 0 Å². The Kier molecular flexibility index (Phi) is 2.45. The van der Waals surface area contributed by atoms with Gasteiger partial charge in [-0.15, -0.1) is 0 Å². The largest absolute Gasteiger partial charge is 0.323 e. The van der Waals surface area contributed by atoms with E-state index in [1.165, 1.54) is 6.20 Å². The van der Waals surface area contributed by atoms with Gasteiger partial charge in [-0.2, -0.15) is 0 Å². The minimum atomic E-state index is -0.274. The molecule has 2 N–H and O–H groups in total. The smallest absolute Gasteiger partial charge is 0.141 e. The molecule has 1 aliphatic heterocycles. The highest BCUT2D eigenvalue weighted by molar-refractivity contribution is 5.33. The highest BCUT2D eigenvalue weighted by Crippen LogP contribution is 2.49. The standard InChI is InChI=1S/C13H18FN3/c1-17-4-2-13(3-5-17)7-11-10(12(13)15)6-9(14)8-16-11/h6,8,12H,2-5,7,15H2,1H3/t12-/m0/s1. The van der Waals surface area contributed by atoms with Crippen LogP contribution in [-0.4, -0.2) is 30.0 Å². The van der Waals surface area contributed by atoms with Crippen molar-refractivity contribution in [2.45, 2.75) is 25.3 Å². The second-order valence-electron chi connectivity index (χ2n) is 5.51. The minimum absolute atomic E-state index is 0.0469. The van der Waals surface area contributed by atoms with Crippen LogP contribution >= 0.6 is 0 Å². The van der Waals surface area contributed by atoms with Gasteiger partial charge in [-0.3, -0.25) is 4.98 Å². The molecule has 2 heterocycles. The van der Waals surface area contributed by atoms with Gasteiger partial charge < -0.3 is 10.6 Å². The zero-order valence-corrected chi connectivity index (χ0v) is 10.1. The Bertz CT molecular complexity index is 438. The van der Waals surface area contributed by atoms with Crippen LogP contribution in [0.25, 0.3) is 0 Å². The van der Waals surface area contributed by atoms with Crippen LogP contribution in [0.5, 0.6) is 0 Å². The third kappa shape index (κ3) is 1.67. The van der Waals surface area contributed by atoms with Crippen LogP contribution in [0.1, 0.15) is 30.1 Å². The number of nitrogens with zero attached hydrogens (tertiary/aromatic N) is 2. The van der Waals surface area contributed by atoms with Gasteiger partial charge in [0.15, 0.2) is 0 Å². The molecule has 0 bridgehead atoms. The summed E-state index contributed by atoms with van der Waals surface area (Å²) < 4.78 is 13.2. The fourth-order valence-corrected chi connectivity index (χ4v) is 3.23. The molecule has 1 fully saturated rings. The van der Waals surface area contributed by atoms with Crippen LogP contribution in [0.3, 0.4) is 0 Å². The molecule has 1 atom stereocenters. The first-order valence-electron chi connectivity index (χ1n) is 6.19. The molecule has 1 spiro atoms. The first kappa shape index (κ1) is 11.1. The molecule has 3 nitrogen and oxygen atoms in total. The number of halogens is 1. The van der Waals surface area contributed by atoms with Crippen molar-refractivity contribution in [2.75, 3.05) is 20.1 Å². The van der Waals surface area contributed by atoms with E-state index in [4.69, 9.17) is 5.73 Å². The molecule has 1 aliphatic carbocycles. The molecule has 2 aliphatic rings. The topological polar surface area (TPSA) is 42.2 Å². The van der Waals surface area contributed by atoms with Gasteiger partial charge in [0.2, 0.25) is 0 Å². The van der Waals surface area contributed by atoms with E-state index in [1.807, 2.05) is 0 Å². The maximum absolute atomic E-state index is 13.2. The molecular weight excluding hydrogens is 217 g/mol.